The van der Waals surface area contributed by atoms with Crippen molar-refractivity contribution >= 4 is 32.7 Å². The molecule has 4 nitrogen and oxygen atoms in total. The molecule has 1 aromatic carbocycles. The molecule has 0 atom stereocenters. The summed E-state index contributed by atoms with van der Waals surface area (Å²) in [6, 6.07) is 11.4. The predicted molar refractivity (Wildman–Crippen MR) is 73.7 cm³/mol. The van der Waals surface area contributed by atoms with Gasteiger partial charge in [-0.25, -0.2) is 9.97 Å². The molecule has 0 saturated heterocycles. The lowest BCUT2D eigenvalue weighted by Gasteiger charge is -2.00. The molecule has 3 heterocycles. The maximum absolute atomic E-state index is 5.77. The summed E-state index contributed by atoms with van der Waals surface area (Å²) in [7, 11) is 0. The molecule has 4 rings (SSSR count). The van der Waals surface area contributed by atoms with Gasteiger partial charge in [0.25, 0.3) is 5.19 Å². The van der Waals surface area contributed by atoms with Gasteiger partial charge in [-0.2, -0.15) is 0 Å². The van der Waals surface area contributed by atoms with Gasteiger partial charge in [0.05, 0.1) is 6.26 Å². The fraction of sp³-hybridized carbons (Fsp3) is 0. The molecule has 0 fully saturated rings. The first kappa shape index (κ1) is 10.5. The molecule has 0 unspecified atom stereocenters. The van der Waals surface area contributed by atoms with Crippen molar-refractivity contribution in [2.75, 3.05) is 0 Å². The molecule has 0 N–H and O–H groups in total. The Kier molecular flexibility index (Phi) is 2.25. The molecule has 4 aromatic rings. The fourth-order valence-electron chi connectivity index (χ4n) is 1.90. The van der Waals surface area contributed by atoms with Gasteiger partial charge in [0.15, 0.2) is 0 Å². The number of nitrogens with zero attached hydrogens (tertiary/aromatic N) is 2. The van der Waals surface area contributed by atoms with Crippen LogP contribution in [-0.2, 0) is 0 Å². The van der Waals surface area contributed by atoms with E-state index < -0.39 is 0 Å². The number of aromatic nitrogens is 2. The average molecular weight is 268 g/mol. The number of pyridine rings is 1. The van der Waals surface area contributed by atoms with E-state index in [2.05, 4.69) is 9.97 Å². The van der Waals surface area contributed by atoms with Crippen LogP contribution in [0.25, 0.3) is 21.3 Å². The van der Waals surface area contributed by atoms with E-state index in [-0.39, 0.29) is 0 Å². The van der Waals surface area contributed by atoms with E-state index >= 15 is 0 Å². The van der Waals surface area contributed by atoms with Crippen LogP contribution in [0.5, 0.6) is 10.9 Å². The smallest absolute Gasteiger partial charge is 0.281 e. The number of hydrogen-bond donors (Lipinski definition) is 0. The Morgan fingerprint density at radius 3 is 3.11 bits per heavy atom. The second-order valence-corrected chi connectivity index (χ2v) is 4.97. The highest BCUT2D eigenvalue weighted by molar-refractivity contribution is 7.19. The van der Waals surface area contributed by atoms with Gasteiger partial charge in [-0.3, -0.25) is 0 Å². The lowest BCUT2D eigenvalue weighted by atomic mass is 10.2. The largest absolute Gasteiger partial charge is 0.464 e. The third-order valence-electron chi connectivity index (χ3n) is 2.78. The Morgan fingerprint density at radius 2 is 2.16 bits per heavy atom. The van der Waals surface area contributed by atoms with Crippen molar-refractivity contribution in [3.8, 4) is 10.9 Å². The van der Waals surface area contributed by atoms with Crippen molar-refractivity contribution in [2.24, 2.45) is 0 Å². The van der Waals surface area contributed by atoms with E-state index in [1.165, 1.54) is 11.3 Å². The van der Waals surface area contributed by atoms with E-state index in [0.29, 0.717) is 5.19 Å². The molecular weight excluding hydrogens is 260 g/mol. The highest BCUT2D eigenvalue weighted by atomic mass is 32.1. The average Bonchev–Trinajstić information content (AvgIpc) is 3.03. The van der Waals surface area contributed by atoms with E-state index in [0.717, 1.165) is 27.1 Å². The molecule has 3 aromatic heterocycles. The third-order valence-corrected chi connectivity index (χ3v) is 3.63. The number of thiazole rings is 1. The summed E-state index contributed by atoms with van der Waals surface area (Å²) < 4.78 is 11.1. The Balaban J connectivity index is 1.72. The van der Waals surface area contributed by atoms with E-state index in [4.69, 9.17) is 9.15 Å². The maximum Gasteiger partial charge on any atom is 0.281 e. The van der Waals surface area contributed by atoms with Crippen LogP contribution in [0.4, 0.5) is 0 Å². The van der Waals surface area contributed by atoms with Gasteiger partial charge in [-0.05, 0) is 36.4 Å². The second kappa shape index (κ2) is 4.07. The van der Waals surface area contributed by atoms with Gasteiger partial charge in [-0.1, -0.05) is 11.3 Å². The van der Waals surface area contributed by atoms with Crippen LogP contribution in [0.2, 0.25) is 0 Å². The number of hydrogen-bond acceptors (Lipinski definition) is 5. The Morgan fingerprint density at radius 1 is 1.16 bits per heavy atom. The highest BCUT2D eigenvalue weighted by Crippen LogP contribution is 2.31. The van der Waals surface area contributed by atoms with Gasteiger partial charge in [-0.15, -0.1) is 0 Å². The number of furan rings is 1. The molecule has 0 spiro atoms. The quantitative estimate of drug-likeness (QED) is 0.546. The lowest BCUT2D eigenvalue weighted by molar-refractivity contribution is 0.480. The van der Waals surface area contributed by atoms with Gasteiger partial charge in [0.2, 0.25) is 0 Å². The van der Waals surface area contributed by atoms with Crippen LogP contribution in [0.15, 0.2) is 53.3 Å². The minimum atomic E-state index is 0.594. The molecule has 0 aliphatic heterocycles. The molecule has 0 saturated carbocycles. The first-order chi connectivity index (χ1) is 9.38. The van der Waals surface area contributed by atoms with Gasteiger partial charge in [0.1, 0.15) is 21.7 Å². The van der Waals surface area contributed by atoms with Crippen molar-refractivity contribution in [2.45, 2.75) is 0 Å². The third kappa shape index (κ3) is 1.84. The monoisotopic (exact) mass is 268 g/mol. The molecule has 19 heavy (non-hydrogen) atoms. The Bertz CT molecular complexity index is 833. The van der Waals surface area contributed by atoms with Crippen LogP contribution in [0.1, 0.15) is 0 Å². The van der Waals surface area contributed by atoms with Crippen LogP contribution in [-0.4, -0.2) is 9.97 Å². The van der Waals surface area contributed by atoms with Gasteiger partial charge < -0.3 is 9.15 Å². The molecule has 5 heteroatoms. The summed E-state index contributed by atoms with van der Waals surface area (Å²) >= 11 is 1.43. The first-order valence-electron chi connectivity index (χ1n) is 5.75. The van der Waals surface area contributed by atoms with Crippen molar-refractivity contribution in [3.05, 3.63) is 48.9 Å². The predicted octanol–water partition coefficient (Wildman–Crippen LogP) is 4.23. The number of benzene rings is 1. The van der Waals surface area contributed by atoms with Crippen LogP contribution in [0.3, 0.4) is 0 Å². The Labute approximate surface area is 112 Å². The van der Waals surface area contributed by atoms with E-state index in [1.807, 2.05) is 36.4 Å². The molecule has 92 valence electrons. The van der Waals surface area contributed by atoms with Crippen LogP contribution in [0, 0.1) is 0 Å². The maximum atomic E-state index is 5.77. The minimum absolute atomic E-state index is 0.594. The number of fused-ring (bicyclic) bond motifs is 2. The van der Waals surface area contributed by atoms with E-state index in [1.54, 1.807) is 12.5 Å². The van der Waals surface area contributed by atoms with Crippen molar-refractivity contribution < 1.29 is 9.15 Å². The minimum Gasteiger partial charge on any atom is -0.464 e. The standard InChI is InChI=1S/C14H8N2O2S/c1-2-11-13(15-6-1)19-14(16-11)18-10-3-4-12-9(8-10)5-7-17-12/h1-8H. The van der Waals surface area contributed by atoms with E-state index in [9.17, 15) is 0 Å². The molecular formula is C14H8N2O2S. The number of ether oxygens (including phenoxy) is 1. The Hall–Kier alpha value is -2.40. The molecule has 0 aliphatic rings. The van der Waals surface area contributed by atoms with Crippen molar-refractivity contribution in [3.63, 3.8) is 0 Å². The zero-order valence-electron chi connectivity index (χ0n) is 9.74. The first-order valence-corrected chi connectivity index (χ1v) is 6.57. The zero-order valence-corrected chi connectivity index (χ0v) is 10.6. The summed E-state index contributed by atoms with van der Waals surface area (Å²) in [6.45, 7) is 0. The van der Waals surface area contributed by atoms with Crippen molar-refractivity contribution in [1.29, 1.82) is 0 Å². The van der Waals surface area contributed by atoms with Crippen LogP contribution >= 0.6 is 11.3 Å². The molecule has 0 aliphatic carbocycles. The summed E-state index contributed by atoms with van der Waals surface area (Å²) in [5.41, 5.74) is 1.70. The van der Waals surface area contributed by atoms with Crippen molar-refractivity contribution in [1.82, 2.24) is 9.97 Å². The van der Waals surface area contributed by atoms with Crippen LogP contribution < -0.4 is 4.74 Å². The summed E-state index contributed by atoms with van der Waals surface area (Å²) in [4.78, 5) is 9.51. The second-order valence-electron chi connectivity index (χ2n) is 4.03. The molecule has 0 radical (unpaired) electrons. The number of rotatable bonds is 2. The molecule has 0 bridgehead atoms. The van der Waals surface area contributed by atoms with Gasteiger partial charge in [0, 0.05) is 11.6 Å². The normalized spacial score (nSPS) is 11.2. The fourth-order valence-corrected chi connectivity index (χ4v) is 2.68. The lowest BCUT2D eigenvalue weighted by Crippen LogP contribution is -1.82. The topological polar surface area (TPSA) is 48.2 Å². The SMILES string of the molecule is c1cnc2sc(Oc3ccc4occc4c3)nc2c1. The summed E-state index contributed by atoms with van der Waals surface area (Å²) in [5.74, 6) is 0.743. The molecule has 0 amide bonds. The van der Waals surface area contributed by atoms with Gasteiger partial charge >= 0.3 is 0 Å². The highest BCUT2D eigenvalue weighted by Gasteiger charge is 2.07. The summed E-state index contributed by atoms with van der Waals surface area (Å²) in [5, 5.41) is 1.60. The summed E-state index contributed by atoms with van der Waals surface area (Å²) in [6.07, 6.45) is 3.41. The zero-order chi connectivity index (χ0) is 12.7.